The van der Waals surface area contributed by atoms with Crippen molar-refractivity contribution in [2.24, 2.45) is 0 Å². The molecule has 3 aromatic rings. The van der Waals surface area contributed by atoms with Gasteiger partial charge in [-0.05, 0) is 50.0 Å². The van der Waals surface area contributed by atoms with Gasteiger partial charge in [-0.3, -0.25) is 4.79 Å². The molecule has 10 heteroatoms. The first-order valence-corrected chi connectivity index (χ1v) is 13.2. The Labute approximate surface area is 217 Å². The van der Waals surface area contributed by atoms with Crippen LogP contribution >= 0.6 is 0 Å². The smallest absolute Gasteiger partial charge is 0.223 e. The molecule has 1 aromatic carbocycles. The lowest BCUT2D eigenvalue weighted by atomic mass is 10.0. The molecule has 3 N–H and O–H groups in total. The van der Waals surface area contributed by atoms with Gasteiger partial charge in [-0.25, -0.2) is 9.97 Å². The number of unbranched alkanes of at least 4 members (excludes halogenated alkanes) is 1. The predicted molar refractivity (Wildman–Crippen MR) is 144 cm³/mol. The summed E-state index contributed by atoms with van der Waals surface area (Å²) in [4.78, 5) is 34.6. The van der Waals surface area contributed by atoms with E-state index in [1.807, 2.05) is 17.0 Å². The number of nitrogen functional groups attached to an aromatic ring is 1. The Hall–Kier alpha value is -3.08. The van der Waals surface area contributed by atoms with Crippen LogP contribution in [0.4, 0.5) is 5.82 Å². The summed E-state index contributed by atoms with van der Waals surface area (Å²) in [6.07, 6.45) is 5.09. The normalized spacial score (nSPS) is 14.0. The molecule has 0 aliphatic carbocycles. The zero-order chi connectivity index (χ0) is 26.0. The number of imidazole rings is 1. The number of benzene rings is 1. The first kappa shape index (κ1) is 27.0. The van der Waals surface area contributed by atoms with E-state index < -0.39 is 0 Å². The second kappa shape index (κ2) is 13.5. The maximum Gasteiger partial charge on any atom is 0.223 e. The number of amides is 1. The first-order valence-electron chi connectivity index (χ1n) is 13.2. The number of nitrogens with one attached hydrogen (secondary N) is 1. The molecule has 1 amide bonds. The molecular formula is C27H38N6O4. The number of aromatic nitrogens is 3. The van der Waals surface area contributed by atoms with Crippen LogP contribution in [0.15, 0.2) is 18.2 Å². The number of pyridine rings is 1. The van der Waals surface area contributed by atoms with Crippen LogP contribution in [0.5, 0.6) is 0 Å². The van der Waals surface area contributed by atoms with E-state index in [1.54, 1.807) is 7.11 Å². The number of methoxy groups -OCH3 is 1. The number of fused-ring (bicyclic) bond motifs is 3. The monoisotopic (exact) mass is 510 g/mol. The molecule has 1 aliphatic heterocycles. The fourth-order valence-electron chi connectivity index (χ4n) is 4.80. The highest BCUT2D eigenvalue weighted by Crippen LogP contribution is 2.30. The Morgan fingerprint density at radius 3 is 2.78 bits per heavy atom. The summed E-state index contributed by atoms with van der Waals surface area (Å²) < 4.78 is 12.9. The SMILES string of the molecule is COCCc1nc2c(N)nc3ccc(CCC(=O)N4CCOCC4)cc3c2n1CCCNCCCC=O. The van der Waals surface area contributed by atoms with Gasteiger partial charge in [-0.1, -0.05) is 6.07 Å². The molecule has 0 bridgehead atoms. The highest BCUT2D eigenvalue weighted by atomic mass is 16.5. The molecule has 10 nitrogen and oxygen atoms in total. The third kappa shape index (κ3) is 6.82. The third-order valence-corrected chi connectivity index (χ3v) is 6.78. The van der Waals surface area contributed by atoms with E-state index in [-0.39, 0.29) is 5.91 Å². The average Bonchev–Trinajstić information content (AvgIpc) is 3.30. The van der Waals surface area contributed by atoms with E-state index >= 15 is 0 Å². The van der Waals surface area contributed by atoms with E-state index in [0.717, 1.165) is 66.6 Å². The van der Waals surface area contributed by atoms with Crippen LogP contribution in [0.25, 0.3) is 21.9 Å². The number of morpholine rings is 1. The maximum absolute atomic E-state index is 12.7. The van der Waals surface area contributed by atoms with Crippen molar-refractivity contribution in [1.29, 1.82) is 0 Å². The fraction of sp³-hybridized carbons (Fsp3) is 0.556. The Balaban J connectivity index is 1.58. The van der Waals surface area contributed by atoms with Crippen LogP contribution in [0.3, 0.4) is 0 Å². The number of nitrogens with zero attached hydrogens (tertiary/aromatic N) is 4. The molecular weight excluding hydrogens is 472 g/mol. The van der Waals surface area contributed by atoms with Crippen molar-refractivity contribution in [1.82, 2.24) is 24.8 Å². The van der Waals surface area contributed by atoms with Crippen LogP contribution in [0, 0.1) is 0 Å². The zero-order valence-electron chi connectivity index (χ0n) is 21.7. The van der Waals surface area contributed by atoms with E-state index in [0.29, 0.717) is 69.9 Å². The summed E-state index contributed by atoms with van der Waals surface area (Å²) in [6, 6.07) is 6.15. The minimum Gasteiger partial charge on any atom is -0.384 e. The van der Waals surface area contributed by atoms with Crippen molar-refractivity contribution in [3.8, 4) is 0 Å². The van der Waals surface area contributed by atoms with Gasteiger partial charge in [0.2, 0.25) is 5.91 Å². The number of anilines is 1. The lowest BCUT2D eigenvalue weighted by molar-refractivity contribution is -0.135. The predicted octanol–water partition coefficient (Wildman–Crippen LogP) is 2.11. The topological polar surface area (TPSA) is 125 Å². The van der Waals surface area contributed by atoms with Crippen LogP contribution in [0.1, 0.15) is 37.1 Å². The molecule has 2 aromatic heterocycles. The molecule has 0 unspecified atom stereocenters. The number of nitrogens with two attached hydrogens (primary N) is 1. The summed E-state index contributed by atoms with van der Waals surface area (Å²) >= 11 is 0. The number of aldehydes is 1. The molecule has 3 heterocycles. The van der Waals surface area contributed by atoms with Crippen LogP contribution < -0.4 is 11.1 Å². The minimum absolute atomic E-state index is 0.163. The molecule has 0 radical (unpaired) electrons. The van der Waals surface area contributed by atoms with Gasteiger partial charge in [-0.2, -0.15) is 0 Å². The quantitative estimate of drug-likeness (QED) is 0.250. The number of aryl methyl sites for hydroxylation is 2. The van der Waals surface area contributed by atoms with Gasteiger partial charge in [0.25, 0.3) is 0 Å². The number of carbonyl (C=O) groups is 2. The van der Waals surface area contributed by atoms with Gasteiger partial charge in [0.1, 0.15) is 17.6 Å². The number of hydrogen-bond acceptors (Lipinski definition) is 8. The molecule has 37 heavy (non-hydrogen) atoms. The standard InChI is InChI=1S/C27H38N6O4/c1-36-16-9-23-31-25-26(33(23)12-4-11-29-10-2-3-15-34)21-19-20(5-7-22(21)30-27(25)28)6-8-24(35)32-13-17-37-18-14-32/h5,7,15,19,29H,2-4,6,8-14,16-18H2,1H3,(H2,28,30). The van der Waals surface area contributed by atoms with Gasteiger partial charge < -0.3 is 34.8 Å². The highest BCUT2D eigenvalue weighted by molar-refractivity contribution is 6.06. The fourth-order valence-corrected chi connectivity index (χ4v) is 4.80. The first-order chi connectivity index (χ1) is 18.1. The van der Waals surface area contributed by atoms with Crippen LogP contribution in [-0.2, 0) is 38.4 Å². The van der Waals surface area contributed by atoms with Gasteiger partial charge >= 0.3 is 0 Å². The van der Waals surface area contributed by atoms with Crippen molar-refractivity contribution in [3.05, 3.63) is 29.6 Å². The van der Waals surface area contributed by atoms with E-state index in [2.05, 4.69) is 20.9 Å². The minimum atomic E-state index is 0.163. The number of carbonyl (C=O) groups excluding carboxylic acids is 2. The second-order valence-electron chi connectivity index (χ2n) is 9.37. The molecule has 1 aliphatic rings. The Morgan fingerprint density at radius 1 is 1.19 bits per heavy atom. The highest BCUT2D eigenvalue weighted by Gasteiger charge is 2.19. The molecule has 0 saturated carbocycles. The largest absolute Gasteiger partial charge is 0.384 e. The molecule has 0 spiro atoms. The van der Waals surface area contributed by atoms with Crippen molar-refractivity contribution >= 4 is 39.9 Å². The van der Waals surface area contributed by atoms with E-state index in [1.165, 1.54) is 0 Å². The maximum atomic E-state index is 12.7. The molecule has 200 valence electrons. The number of rotatable bonds is 14. The van der Waals surface area contributed by atoms with Crippen molar-refractivity contribution in [2.75, 3.05) is 58.8 Å². The summed E-state index contributed by atoms with van der Waals surface area (Å²) in [5.74, 6) is 1.50. The summed E-state index contributed by atoms with van der Waals surface area (Å²) in [7, 11) is 1.69. The molecule has 4 rings (SSSR count). The lowest BCUT2D eigenvalue weighted by Gasteiger charge is -2.26. The number of ether oxygens (including phenoxy) is 2. The van der Waals surface area contributed by atoms with Gasteiger partial charge in [-0.15, -0.1) is 0 Å². The van der Waals surface area contributed by atoms with Crippen LogP contribution in [0.2, 0.25) is 0 Å². The Bertz CT molecular complexity index is 1200. The average molecular weight is 511 g/mol. The van der Waals surface area contributed by atoms with Crippen LogP contribution in [-0.4, -0.2) is 84.7 Å². The zero-order valence-corrected chi connectivity index (χ0v) is 21.7. The Morgan fingerprint density at radius 2 is 2.00 bits per heavy atom. The third-order valence-electron chi connectivity index (χ3n) is 6.78. The summed E-state index contributed by atoms with van der Waals surface area (Å²) in [5, 5.41) is 4.40. The van der Waals surface area contributed by atoms with Gasteiger partial charge in [0.05, 0.1) is 30.9 Å². The van der Waals surface area contributed by atoms with Gasteiger partial charge in [0, 0.05) is 51.4 Å². The summed E-state index contributed by atoms with van der Waals surface area (Å²) in [5.41, 5.74) is 9.95. The van der Waals surface area contributed by atoms with Gasteiger partial charge in [0.15, 0.2) is 5.82 Å². The Kier molecular flexibility index (Phi) is 9.81. The molecule has 1 fully saturated rings. The van der Waals surface area contributed by atoms with Crippen molar-refractivity contribution < 1.29 is 19.1 Å². The second-order valence-corrected chi connectivity index (χ2v) is 9.37. The number of hydrogen-bond donors (Lipinski definition) is 2. The lowest BCUT2D eigenvalue weighted by Crippen LogP contribution is -2.40. The summed E-state index contributed by atoms with van der Waals surface area (Å²) in [6.45, 7) is 5.54. The van der Waals surface area contributed by atoms with E-state index in [9.17, 15) is 9.59 Å². The molecule has 0 atom stereocenters. The van der Waals surface area contributed by atoms with E-state index in [4.69, 9.17) is 20.2 Å². The van der Waals surface area contributed by atoms with Crippen molar-refractivity contribution in [3.63, 3.8) is 0 Å². The van der Waals surface area contributed by atoms with Crippen molar-refractivity contribution in [2.45, 2.75) is 45.1 Å². The molecule has 1 saturated heterocycles.